The zero-order chi connectivity index (χ0) is 19.2. The van der Waals surface area contributed by atoms with E-state index in [-0.39, 0.29) is 17.3 Å². The molecule has 0 aliphatic rings. The largest absolute Gasteiger partial charge is 0.310 e. The molecule has 26 heavy (non-hydrogen) atoms. The predicted molar refractivity (Wildman–Crippen MR) is 104 cm³/mol. The number of hydrogen-bond donors (Lipinski definition) is 2. The summed E-state index contributed by atoms with van der Waals surface area (Å²) in [4.78, 5) is 17.8. The second-order valence-electron chi connectivity index (χ2n) is 5.77. The van der Waals surface area contributed by atoms with Gasteiger partial charge in [0.15, 0.2) is 5.13 Å². The highest BCUT2D eigenvalue weighted by Crippen LogP contribution is 2.20. The predicted octanol–water partition coefficient (Wildman–Crippen LogP) is 1.89. The van der Waals surface area contributed by atoms with Crippen LogP contribution in [0.4, 0.5) is 5.13 Å². The number of carbonyl (C=O) groups excluding carboxylic acids is 1. The molecule has 1 amide bonds. The number of hydrogen-bond acceptors (Lipinski definition) is 6. The third kappa shape index (κ3) is 5.60. The van der Waals surface area contributed by atoms with Gasteiger partial charge in [0, 0.05) is 38.5 Å². The first-order valence-corrected chi connectivity index (χ1v) is 10.7. The van der Waals surface area contributed by atoms with Crippen LogP contribution in [0.3, 0.4) is 0 Å². The van der Waals surface area contributed by atoms with Crippen LogP contribution < -0.4 is 14.9 Å². The summed E-state index contributed by atoms with van der Waals surface area (Å²) in [5, 5.41) is 5.72. The second-order valence-corrected chi connectivity index (χ2v) is 8.38. The molecule has 9 heteroatoms. The normalized spacial score (nSPS) is 11.5. The fourth-order valence-electron chi connectivity index (χ4n) is 2.29. The van der Waals surface area contributed by atoms with E-state index in [1.54, 1.807) is 29.2 Å². The minimum absolute atomic E-state index is 0.0353. The molecule has 0 saturated heterocycles. The van der Waals surface area contributed by atoms with Gasteiger partial charge in [0.1, 0.15) is 0 Å². The van der Waals surface area contributed by atoms with Crippen LogP contribution in [0, 0.1) is 6.92 Å². The van der Waals surface area contributed by atoms with Crippen LogP contribution in [0.15, 0.2) is 34.5 Å². The SMILES string of the molecule is CCN(C(C)=O)c1nc(CNCCNS(=O)(=O)c2ccc(C)cc2)cs1. The van der Waals surface area contributed by atoms with Gasteiger partial charge in [-0.2, -0.15) is 0 Å². The third-order valence-electron chi connectivity index (χ3n) is 3.70. The van der Waals surface area contributed by atoms with E-state index in [2.05, 4.69) is 15.0 Å². The van der Waals surface area contributed by atoms with Gasteiger partial charge in [0.25, 0.3) is 0 Å². The highest BCUT2D eigenvalue weighted by atomic mass is 32.2. The van der Waals surface area contributed by atoms with E-state index in [4.69, 9.17) is 0 Å². The first kappa shape index (κ1) is 20.5. The molecule has 2 aromatic rings. The van der Waals surface area contributed by atoms with Gasteiger partial charge in [-0.25, -0.2) is 18.1 Å². The molecule has 1 heterocycles. The van der Waals surface area contributed by atoms with Crippen LogP contribution in [-0.4, -0.2) is 38.9 Å². The van der Waals surface area contributed by atoms with E-state index >= 15 is 0 Å². The lowest BCUT2D eigenvalue weighted by atomic mass is 10.2. The van der Waals surface area contributed by atoms with E-state index in [0.717, 1.165) is 11.3 Å². The van der Waals surface area contributed by atoms with E-state index in [1.165, 1.54) is 18.3 Å². The summed E-state index contributed by atoms with van der Waals surface area (Å²) in [6.45, 7) is 7.18. The van der Waals surface area contributed by atoms with Crippen molar-refractivity contribution in [1.82, 2.24) is 15.0 Å². The molecule has 2 N–H and O–H groups in total. The minimum Gasteiger partial charge on any atom is -0.310 e. The van der Waals surface area contributed by atoms with Crippen molar-refractivity contribution in [2.24, 2.45) is 0 Å². The van der Waals surface area contributed by atoms with Gasteiger partial charge in [-0.1, -0.05) is 17.7 Å². The lowest BCUT2D eigenvalue weighted by molar-refractivity contribution is -0.116. The number of amides is 1. The minimum atomic E-state index is -3.49. The first-order chi connectivity index (χ1) is 12.3. The summed E-state index contributed by atoms with van der Waals surface area (Å²) in [7, 11) is -3.49. The summed E-state index contributed by atoms with van der Waals surface area (Å²) in [6.07, 6.45) is 0. The van der Waals surface area contributed by atoms with Crippen LogP contribution in [0.5, 0.6) is 0 Å². The summed E-state index contributed by atoms with van der Waals surface area (Å²) < 4.78 is 26.9. The standard InChI is InChI=1S/C17H24N4O3S2/c1-4-21(14(3)22)17-20-15(12-25-17)11-18-9-10-19-26(23,24)16-7-5-13(2)6-8-16/h5-8,12,18-19H,4,9-11H2,1-3H3. The van der Waals surface area contributed by atoms with Crippen LogP contribution >= 0.6 is 11.3 Å². The Morgan fingerprint density at radius 3 is 2.54 bits per heavy atom. The van der Waals surface area contributed by atoms with E-state index in [9.17, 15) is 13.2 Å². The number of aromatic nitrogens is 1. The molecule has 1 aromatic heterocycles. The molecule has 7 nitrogen and oxygen atoms in total. The quantitative estimate of drug-likeness (QED) is 0.632. The van der Waals surface area contributed by atoms with Gasteiger partial charge in [0.2, 0.25) is 15.9 Å². The Morgan fingerprint density at radius 1 is 1.23 bits per heavy atom. The van der Waals surface area contributed by atoms with Crippen LogP contribution in [0.2, 0.25) is 0 Å². The van der Waals surface area contributed by atoms with Crippen molar-refractivity contribution in [3.63, 3.8) is 0 Å². The molecule has 0 fully saturated rings. The lowest BCUT2D eigenvalue weighted by Crippen LogP contribution is -2.31. The van der Waals surface area contributed by atoms with Gasteiger partial charge in [-0.3, -0.25) is 9.69 Å². The van der Waals surface area contributed by atoms with E-state index in [1.807, 2.05) is 19.2 Å². The van der Waals surface area contributed by atoms with Gasteiger partial charge in [-0.15, -0.1) is 11.3 Å². The number of thiazole rings is 1. The Bertz CT molecular complexity index is 832. The Labute approximate surface area is 158 Å². The molecular weight excluding hydrogens is 372 g/mol. The number of nitrogens with zero attached hydrogens (tertiary/aromatic N) is 2. The van der Waals surface area contributed by atoms with Gasteiger partial charge < -0.3 is 5.32 Å². The zero-order valence-electron chi connectivity index (χ0n) is 15.2. The summed E-state index contributed by atoms with van der Waals surface area (Å²) in [5.41, 5.74) is 1.84. The first-order valence-electron chi connectivity index (χ1n) is 8.33. The molecule has 142 valence electrons. The smallest absolute Gasteiger partial charge is 0.240 e. The van der Waals surface area contributed by atoms with Crippen molar-refractivity contribution >= 4 is 32.4 Å². The third-order valence-corrected chi connectivity index (χ3v) is 6.09. The molecule has 0 aliphatic carbocycles. The molecule has 2 rings (SSSR count). The molecule has 0 saturated carbocycles. The average Bonchev–Trinajstić information content (AvgIpc) is 3.03. The fourth-order valence-corrected chi connectivity index (χ4v) is 4.25. The Morgan fingerprint density at radius 2 is 1.92 bits per heavy atom. The van der Waals surface area contributed by atoms with Crippen LogP contribution in [-0.2, 0) is 21.4 Å². The highest BCUT2D eigenvalue weighted by molar-refractivity contribution is 7.89. The van der Waals surface area contributed by atoms with E-state index in [0.29, 0.717) is 24.8 Å². The molecule has 0 radical (unpaired) electrons. The number of rotatable bonds is 9. The van der Waals surface area contributed by atoms with Crippen molar-refractivity contribution in [3.05, 3.63) is 40.9 Å². The maximum absolute atomic E-state index is 12.2. The zero-order valence-corrected chi connectivity index (χ0v) is 16.8. The Hall–Kier alpha value is -1.81. The maximum atomic E-state index is 12.2. The molecule has 0 unspecified atom stereocenters. The van der Waals surface area contributed by atoms with Gasteiger partial charge in [0.05, 0.1) is 10.6 Å². The second kappa shape index (κ2) is 9.22. The molecule has 0 spiro atoms. The summed E-state index contributed by atoms with van der Waals surface area (Å²) in [6, 6.07) is 6.73. The van der Waals surface area contributed by atoms with E-state index < -0.39 is 10.0 Å². The van der Waals surface area contributed by atoms with Crippen LogP contribution in [0.1, 0.15) is 25.1 Å². The molecular formula is C17H24N4O3S2. The van der Waals surface area contributed by atoms with Gasteiger partial charge in [-0.05, 0) is 26.0 Å². The maximum Gasteiger partial charge on any atom is 0.240 e. The van der Waals surface area contributed by atoms with Gasteiger partial charge >= 0.3 is 0 Å². The average molecular weight is 397 g/mol. The number of aryl methyl sites for hydroxylation is 1. The van der Waals surface area contributed by atoms with Crippen molar-refractivity contribution in [1.29, 1.82) is 0 Å². The monoisotopic (exact) mass is 396 g/mol. The van der Waals surface area contributed by atoms with Crippen molar-refractivity contribution < 1.29 is 13.2 Å². The molecule has 1 aromatic carbocycles. The van der Waals surface area contributed by atoms with Crippen LogP contribution in [0.25, 0.3) is 0 Å². The highest BCUT2D eigenvalue weighted by Gasteiger charge is 2.14. The summed E-state index contributed by atoms with van der Waals surface area (Å²) in [5.74, 6) is -0.0353. The van der Waals surface area contributed by atoms with Crippen molar-refractivity contribution in [3.8, 4) is 0 Å². The lowest BCUT2D eigenvalue weighted by Gasteiger charge is -2.14. The number of benzene rings is 1. The summed E-state index contributed by atoms with van der Waals surface area (Å²) >= 11 is 1.42. The number of sulfonamides is 1. The van der Waals surface area contributed by atoms with Crippen molar-refractivity contribution in [2.45, 2.75) is 32.2 Å². The number of anilines is 1. The van der Waals surface area contributed by atoms with Crippen molar-refractivity contribution in [2.75, 3.05) is 24.5 Å². The number of nitrogens with one attached hydrogen (secondary N) is 2. The molecule has 0 atom stereocenters. The Kier molecular flexibility index (Phi) is 7.27. The number of carbonyl (C=O) groups is 1. The molecule has 0 bridgehead atoms. The fraction of sp³-hybridized carbons (Fsp3) is 0.412. The Balaban J connectivity index is 1.78. The topological polar surface area (TPSA) is 91.4 Å². The molecule has 0 aliphatic heterocycles.